The van der Waals surface area contributed by atoms with Gasteiger partial charge in [-0.15, -0.1) is 23.2 Å². The zero-order valence-electron chi connectivity index (χ0n) is 12.0. The number of halogens is 2. The molecule has 0 aromatic heterocycles. The van der Waals surface area contributed by atoms with E-state index in [9.17, 15) is 20.1 Å². The second kappa shape index (κ2) is 6.03. The molecule has 2 aliphatic rings. The first kappa shape index (κ1) is 18.2. The molecular formula is C12H18Cl2O8. The number of carboxylic acid groups (broad SMARTS) is 1. The first-order chi connectivity index (χ1) is 10.1. The van der Waals surface area contributed by atoms with Gasteiger partial charge in [-0.3, -0.25) is 0 Å². The smallest absolute Gasteiger partial charge is 0.367 e. The Morgan fingerprint density at radius 3 is 2.36 bits per heavy atom. The van der Waals surface area contributed by atoms with Crippen molar-refractivity contribution in [3.05, 3.63) is 0 Å². The van der Waals surface area contributed by atoms with Crippen LogP contribution < -0.4 is 0 Å². The topological polar surface area (TPSA) is 115 Å². The normalized spacial score (nSPS) is 40.5. The van der Waals surface area contributed by atoms with Gasteiger partial charge in [0.1, 0.15) is 12.2 Å². The highest BCUT2D eigenvalue weighted by Crippen LogP contribution is 2.41. The molecule has 2 heterocycles. The van der Waals surface area contributed by atoms with Crippen molar-refractivity contribution in [3.63, 3.8) is 0 Å². The molecule has 22 heavy (non-hydrogen) atoms. The third kappa shape index (κ3) is 3.07. The molecule has 4 atom stereocenters. The Hall–Kier alpha value is -0.190. The molecule has 0 radical (unpaired) electrons. The van der Waals surface area contributed by atoms with Crippen LogP contribution in [-0.4, -0.2) is 75.3 Å². The molecule has 0 spiro atoms. The summed E-state index contributed by atoms with van der Waals surface area (Å²) < 4.78 is 21.3. The minimum absolute atomic E-state index is 0.151. The Balaban J connectivity index is 2.32. The fraction of sp³-hybridized carbons (Fsp3) is 0.917. The highest BCUT2D eigenvalue weighted by atomic mass is 35.5. The van der Waals surface area contributed by atoms with Crippen molar-refractivity contribution in [2.45, 2.75) is 49.5 Å². The average molecular weight is 361 g/mol. The lowest BCUT2D eigenvalue weighted by Crippen LogP contribution is -2.63. The Labute approximate surface area is 136 Å². The molecule has 128 valence electrons. The molecule has 8 nitrogen and oxygen atoms in total. The summed E-state index contributed by atoms with van der Waals surface area (Å²) in [6.45, 7) is 2.66. The standard InChI is InChI=1S/C12H18Cl2O8/c1-10(2)21-8(12(18,22-10)9(16)17)7-6(15)3-19-11(4-13,5-14)20-7/h6-8,15,18H,3-5H2,1-2H3,(H,16,17)/t6-,7+,8-,12-/m0/s1. The van der Waals surface area contributed by atoms with E-state index in [1.165, 1.54) is 13.8 Å². The zero-order chi connectivity index (χ0) is 16.8. The summed E-state index contributed by atoms with van der Waals surface area (Å²) >= 11 is 11.6. The summed E-state index contributed by atoms with van der Waals surface area (Å²) in [6, 6.07) is 0. The predicted molar refractivity (Wildman–Crippen MR) is 73.6 cm³/mol. The summed E-state index contributed by atoms with van der Waals surface area (Å²) in [5, 5.41) is 29.6. The highest BCUT2D eigenvalue weighted by Gasteiger charge is 2.64. The molecule has 2 fully saturated rings. The lowest BCUT2D eigenvalue weighted by atomic mass is 9.99. The van der Waals surface area contributed by atoms with Crippen molar-refractivity contribution < 1.29 is 39.1 Å². The van der Waals surface area contributed by atoms with Gasteiger partial charge in [0.05, 0.1) is 18.4 Å². The molecule has 3 N–H and O–H groups in total. The molecule has 0 aromatic carbocycles. The van der Waals surface area contributed by atoms with Crippen molar-refractivity contribution in [1.82, 2.24) is 0 Å². The number of carbonyl (C=O) groups is 1. The molecule has 0 amide bonds. The van der Waals surface area contributed by atoms with Gasteiger partial charge in [-0.05, 0) is 13.8 Å². The average Bonchev–Trinajstić information content (AvgIpc) is 2.71. The number of ether oxygens (including phenoxy) is 4. The number of alkyl halides is 2. The van der Waals surface area contributed by atoms with Crippen LogP contribution in [0, 0.1) is 0 Å². The Kier molecular flexibility index (Phi) is 4.97. The molecule has 2 rings (SSSR count). The van der Waals surface area contributed by atoms with E-state index in [2.05, 4.69) is 0 Å². The number of aliphatic hydroxyl groups is 2. The van der Waals surface area contributed by atoms with Gasteiger partial charge in [0.15, 0.2) is 17.7 Å². The second-order valence-corrected chi connectivity index (χ2v) is 6.22. The summed E-state index contributed by atoms with van der Waals surface area (Å²) in [7, 11) is 0. The number of aliphatic hydroxyl groups excluding tert-OH is 1. The largest absolute Gasteiger partial charge is 0.477 e. The minimum Gasteiger partial charge on any atom is -0.477 e. The fourth-order valence-corrected chi connectivity index (χ4v) is 3.00. The molecule has 2 aliphatic heterocycles. The Bertz CT molecular complexity index is 441. The molecule has 0 aliphatic carbocycles. The van der Waals surface area contributed by atoms with Crippen molar-refractivity contribution in [2.24, 2.45) is 0 Å². The highest BCUT2D eigenvalue weighted by molar-refractivity contribution is 6.21. The van der Waals surface area contributed by atoms with Crippen LogP contribution in [0.3, 0.4) is 0 Å². The summed E-state index contributed by atoms with van der Waals surface area (Å²) in [4.78, 5) is 11.4. The van der Waals surface area contributed by atoms with Crippen molar-refractivity contribution in [2.75, 3.05) is 18.4 Å². The Morgan fingerprint density at radius 2 is 1.86 bits per heavy atom. The molecule has 0 bridgehead atoms. The lowest BCUT2D eigenvalue weighted by molar-refractivity contribution is -0.327. The maximum absolute atomic E-state index is 11.4. The number of rotatable bonds is 4. The molecule has 0 aromatic rings. The summed E-state index contributed by atoms with van der Waals surface area (Å²) in [5.41, 5.74) is 0. The van der Waals surface area contributed by atoms with E-state index in [4.69, 9.17) is 42.1 Å². The Morgan fingerprint density at radius 1 is 1.27 bits per heavy atom. The zero-order valence-corrected chi connectivity index (χ0v) is 13.5. The third-order valence-electron chi connectivity index (χ3n) is 3.46. The monoisotopic (exact) mass is 360 g/mol. The van der Waals surface area contributed by atoms with Crippen LogP contribution in [0.4, 0.5) is 0 Å². The third-order valence-corrected chi connectivity index (χ3v) is 4.27. The van der Waals surface area contributed by atoms with E-state index in [1.807, 2.05) is 0 Å². The van der Waals surface area contributed by atoms with Gasteiger partial charge in [-0.2, -0.15) is 0 Å². The number of aliphatic carboxylic acids is 1. The van der Waals surface area contributed by atoms with Crippen LogP contribution in [0.1, 0.15) is 13.8 Å². The first-order valence-electron chi connectivity index (χ1n) is 6.55. The van der Waals surface area contributed by atoms with Crippen molar-refractivity contribution >= 4 is 29.2 Å². The van der Waals surface area contributed by atoms with E-state index >= 15 is 0 Å². The molecular weight excluding hydrogens is 343 g/mol. The fourth-order valence-electron chi connectivity index (χ4n) is 2.43. The van der Waals surface area contributed by atoms with Gasteiger partial charge in [0.2, 0.25) is 0 Å². The predicted octanol–water partition coefficient (Wildman–Crippen LogP) is -0.139. The molecule has 0 unspecified atom stereocenters. The van der Waals surface area contributed by atoms with E-state index < -0.39 is 41.6 Å². The van der Waals surface area contributed by atoms with Crippen molar-refractivity contribution in [3.8, 4) is 0 Å². The molecule has 10 heteroatoms. The second-order valence-electron chi connectivity index (χ2n) is 5.68. The van der Waals surface area contributed by atoms with Gasteiger partial charge in [-0.25, -0.2) is 4.79 Å². The summed E-state index contributed by atoms with van der Waals surface area (Å²) in [6.07, 6.45) is -4.01. The van der Waals surface area contributed by atoms with Gasteiger partial charge < -0.3 is 34.3 Å². The van der Waals surface area contributed by atoms with E-state index in [-0.39, 0.29) is 18.4 Å². The maximum atomic E-state index is 11.4. The lowest BCUT2D eigenvalue weighted by Gasteiger charge is -2.44. The van der Waals surface area contributed by atoms with Crippen LogP contribution >= 0.6 is 23.2 Å². The number of carboxylic acids is 1. The van der Waals surface area contributed by atoms with Gasteiger partial charge >= 0.3 is 5.97 Å². The summed E-state index contributed by atoms with van der Waals surface area (Å²) in [5.74, 6) is -7.44. The number of hydrogen-bond acceptors (Lipinski definition) is 7. The van der Waals surface area contributed by atoms with E-state index in [0.717, 1.165) is 0 Å². The van der Waals surface area contributed by atoms with Gasteiger partial charge in [0, 0.05) is 0 Å². The molecule has 2 saturated heterocycles. The van der Waals surface area contributed by atoms with E-state index in [0.29, 0.717) is 0 Å². The van der Waals surface area contributed by atoms with Crippen LogP contribution in [0.15, 0.2) is 0 Å². The first-order valence-corrected chi connectivity index (χ1v) is 7.61. The minimum atomic E-state index is -2.68. The van der Waals surface area contributed by atoms with Crippen LogP contribution in [0.5, 0.6) is 0 Å². The van der Waals surface area contributed by atoms with Gasteiger partial charge in [-0.1, -0.05) is 0 Å². The van der Waals surface area contributed by atoms with Gasteiger partial charge in [0.25, 0.3) is 5.79 Å². The number of hydrogen-bond donors (Lipinski definition) is 3. The van der Waals surface area contributed by atoms with Crippen molar-refractivity contribution in [1.29, 1.82) is 0 Å². The van der Waals surface area contributed by atoms with Crippen LogP contribution in [-0.2, 0) is 23.7 Å². The SMILES string of the molecule is CC1(C)O[C@@H]([C@@H]2OC(CCl)(CCl)OC[C@@H]2O)[C@@](O)(C(=O)O)O1. The van der Waals surface area contributed by atoms with Crippen LogP contribution in [0.2, 0.25) is 0 Å². The van der Waals surface area contributed by atoms with Crippen LogP contribution in [0.25, 0.3) is 0 Å². The van der Waals surface area contributed by atoms with E-state index in [1.54, 1.807) is 0 Å². The molecule has 0 saturated carbocycles. The maximum Gasteiger partial charge on any atom is 0.367 e. The quantitative estimate of drug-likeness (QED) is 0.593.